The van der Waals surface area contributed by atoms with Crippen LogP contribution in [0.2, 0.25) is 0 Å². The quantitative estimate of drug-likeness (QED) is 0.537. The van der Waals surface area contributed by atoms with Gasteiger partial charge in [0, 0.05) is 6.54 Å². The molecule has 1 N–H and O–H groups in total. The maximum absolute atomic E-state index is 12.1. The van der Waals surface area contributed by atoms with Gasteiger partial charge in [-0.15, -0.1) is 0 Å². The number of amides is 1. The number of rotatable bonds is 9. The van der Waals surface area contributed by atoms with Gasteiger partial charge in [0.2, 0.25) is 5.78 Å². The Kier molecular flexibility index (Phi) is 7.37. The molecule has 27 heavy (non-hydrogen) atoms. The average Bonchev–Trinajstić information content (AvgIpc) is 2.71. The largest absolute Gasteiger partial charge is 0.496 e. The number of hydrogen-bond acceptors (Lipinski definition) is 6. The molecule has 0 fully saturated rings. The zero-order valence-electron chi connectivity index (χ0n) is 15.2. The van der Waals surface area contributed by atoms with Crippen LogP contribution in [0.1, 0.15) is 27.1 Å². The van der Waals surface area contributed by atoms with Gasteiger partial charge in [-0.05, 0) is 24.3 Å². The molecule has 7 heteroatoms. The van der Waals surface area contributed by atoms with E-state index in [4.69, 9.17) is 14.2 Å². The van der Waals surface area contributed by atoms with Crippen LogP contribution in [0.15, 0.2) is 48.5 Å². The van der Waals surface area contributed by atoms with Crippen molar-refractivity contribution in [3.63, 3.8) is 0 Å². The number of carbonyl (C=O) groups excluding carboxylic acids is 3. The van der Waals surface area contributed by atoms with Crippen LogP contribution in [0.5, 0.6) is 11.5 Å². The van der Waals surface area contributed by atoms with Gasteiger partial charge in [-0.1, -0.05) is 24.3 Å². The highest BCUT2D eigenvalue weighted by Gasteiger charge is 2.15. The summed E-state index contributed by atoms with van der Waals surface area (Å²) < 4.78 is 15.2. The minimum atomic E-state index is -0.585. The van der Waals surface area contributed by atoms with E-state index < -0.39 is 5.97 Å². The van der Waals surface area contributed by atoms with Crippen molar-refractivity contribution in [2.24, 2.45) is 0 Å². The lowest BCUT2D eigenvalue weighted by molar-refractivity contribution is -0.142. The molecule has 0 unspecified atom stereocenters. The number of methoxy groups -OCH3 is 2. The summed E-state index contributed by atoms with van der Waals surface area (Å²) in [4.78, 5) is 36.0. The number of para-hydroxylation sites is 2. The first-order valence-electron chi connectivity index (χ1n) is 8.30. The Balaban J connectivity index is 1.78. The number of carbonyl (C=O) groups is 3. The maximum Gasteiger partial charge on any atom is 0.308 e. The maximum atomic E-state index is 12.1. The molecule has 2 aromatic carbocycles. The number of ether oxygens (including phenoxy) is 3. The Hall–Kier alpha value is -3.35. The highest BCUT2D eigenvalue weighted by atomic mass is 16.5. The number of ketones is 1. The third-order valence-corrected chi connectivity index (χ3v) is 3.74. The van der Waals surface area contributed by atoms with Crippen LogP contribution >= 0.6 is 0 Å². The minimum absolute atomic E-state index is 0.0555. The number of benzene rings is 2. The molecule has 0 aromatic heterocycles. The van der Waals surface area contributed by atoms with Crippen LogP contribution < -0.4 is 14.8 Å². The summed E-state index contributed by atoms with van der Waals surface area (Å²) in [5, 5.41) is 2.62. The molecular weight excluding hydrogens is 350 g/mol. The van der Waals surface area contributed by atoms with Crippen LogP contribution in [-0.2, 0) is 9.53 Å². The van der Waals surface area contributed by atoms with Crippen molar-refractivity contribution in [2.75, 3.05) is 27.4 Å². The molecular formula is C20H21NO6. The average molecular weight is 371 g/mol. The lowest BCUT2D eigenvalue weighted by atomic mass is 10.1. The molecule has 0 heterocycles. The van der Waals surface area contributed by atoms with E-state index in [1.54, 1.807) is 48.5 Å². The molecule has 7 nitrogen and oxygen atoms in total. The van der Waals surface area contributed by atoms with Crippen molar-refractivity contribution in [3.8, 4) is 11.5 Å². The molecule has 0 atom stereocenters. The number of Topliss-reactive ketones (excluding diaryl/α,β-unsaturated/α-hetero) is 1. The molecule has 0 saturated heterocycles. The molecule has 0 aliphatic carbocycles. The van der Waals surface area contributed by atoms with Gasteiger partial charge in [0.1, 0.15) is 11.5 Å². The molecule has 0 aliphatic rings. The van der Waals surface area contributed by atoms with E-state index in [9.17, 15) is 14.4 Å². The molecule has 0 bridgehead atoms. The molecule has 0 spiro atoms. The molecule has 2 aromatic rings. The van der Waals surface area contributed by atoms with Crippen LogP contribution in [0.4, 0.5) is 0 Å². The van der Waals surface area contributed by atoms with Crippen molar-refractivity contribution >= 4 is 17.7 Å². The summed E-state index contributed by atoms with van der Waals surface area (Å²) in [6.07, 6.45) is -0.0555. The van der Waals surface area contributed by atoms with Crippen molar-refractivity contribution in [1.82, 2.24) is 5.32 Å². The monoisotopic (exact) mass is 371 g/mol. The Morgan fingerprint density at radius 1 is 0.852 bits per heavy atom. The third kappa shape index (κ3) is 5.57. The minimum Gasteiger partial charge on any atom is -0.496 e. The predicted molar refractivity (Wildman–Crippen MR) is 98.2 cm³/mol. The van der Waals surface area contributed by atoms with Crippen molar-refractivity contribution in [3.05, 3.63) is 59.7 Å². The van der Waals surface area contributed by atoms with Gasteiger partial charge < -0.3 is 19.5 Å². The van der Waals surface area contributed by atoms with E-state index in [-0.39, 0.29) is 31.3 Å². The molecule has 2 rings (SSSR count). The Morgan fingerprint density at radius 3 is 2.04 bits per heavy atom. The van der Waals surface area contributed by atoms with Gasteiger partial charge in [-0.3, -0.25) is 14.4 Å². The first-order chi connectivity index (χ1) is 13.1. The van der Waals surface area contributed by atoms with E-state index in [0.29, 0.717) is 22.6 Å². The summed E-state index contributed by atoms with van der Waals surface area (Å²) in [6, 6.07) is 13.5. The van der Waals surface area contributed by atoms with E-state index in [1.807, 2.05) is 0 Å². The van der Waals surface area contributed by atoms with Crippen molar-refractivity contribution in [1.29, 1.82) is 0 Å². The van der Waals surface area contributed by atoms with Gasteiger partial charge in [0.05, 0.1) is 31.8 Å². The summed E-state index contributed by atoms with van der Waals surface area (Å²) in [5.41, 5.74) is 0.719. The van der Waals surface area contributed by atoms with Gasteiger partial charge >= 0.3 is 5.97 Å². The van der Waals surface area contributed by atoms with Gasteiger partial charge in [-0.25, -0.2) is 0 Å². The highest BCUT2D eigenvalue weighted by molar-refractivity contribution is 6.00. The third-order valence-electron chi connectivity index (χ3n) is 3.74. The summed E-state index contributed by atoms with van der Waals surface area (Å²) in [5.74, 6) is -0.439. The Labute approximate surface area is 157 Å². The Morgan fingerprint density at radius 2 is 1.41 bits per heavy atom. The fourth-order valence-corrected chi connectivity index (χ4v) is 2.38. The van der Waals surface area contributed by atoms with Crippen LogP contribution in [0.25, 0.3) is 0 Å². The number of nitrogens with one attached hydrogen (secondary N) is 1. The van der Waals surface area contributed by atoms with Gasteiger partial charge in [0.25, 0.3) is 5.91 Å². The fraction of sp³-hybridized carbons (Fsp3) is 0.250. The van der Waals surface area contributed by atoms with E-state index in [2.05, 4.69) is 5.32 Å². The summed E-state index contributed by atoms with van der Waals surface area (Å²) in [6.45, 7) is -0.307. The second-order valence-corrected chi connectivity index (χ2v) is 5.49. The molecule has 0 radical (unpaired) electrons. The zero-order chi connectivity index (χ0) is 19.6. The van der Waals surface area contributed by atoms with E-state index in [0.717, 1.165) is 0 Å². The SMILES string of the molecule is COc1ccccc1C(=O)COC(=O)CCNC(=O)c1ccccc1OC. The smallest absolute Gasteiger partial charge is 0.308 e. The first-order valence-corrected chi connectivity index (χ1v) is 8.30. The standard InChI is InChI=1S/C20H21NO6/c1-25-17-9-5-3-7-14(17)16(22)13-27-19(23)11-12-21-20(24)15-8-4-6-10-18(15)26-2/h3-10H,11-13H2,1-2H3,(H,21,24). The molecule has 1 amide bonds. The second kappa shape index (κ2) is 9.96. The molecule has 0 aliphatic heterocycles. The molecule has 0 saturated carbocycles. The van der Waals surface area contributed by atoms with Crippen molar-refractivity contribution < 1.29 is 28.6 Å². The Bertz CT molecular complexity index is 818. The predicted octanol–water partition coefficient (Wildman–Crippen LogP) is 2.25. The topological polar surface area (TPSA) is 90.9 Å². The number of esters is 1. The molecule has 142 valence electrons. The zero-order valence-corrected chi connectivity index (χ0v) is 15.2. The van der Waals surface area contributed by atoms with Crippen LogP contribution in [0, 0.1) is 0 Å². The first kappa shape index (κ1) is 20.0. The van der Waals surface area contributed by atoms with Gasteiger partial charge in [-0.2, -0.15) is 0 Å². The second-order valence-electron chi connectivity index (χ2n) is 5.49. The van der Waals surface area contributed by atoms with E-state index >= 15 is 0 Å². The number of hydrogen-bond donors (Lipinski definition) is 1. The highest BCUT2D eigenvalue weighted by Crippen LogP contribution is 2.18. The van der Waals surface area contributed by atoms with Crippen LogP contribution in [0.3, 0.4) is 0 Å². The summed E-state index contributed by atoms with van der Waals surface area (Å²) >= 11 is 0. The van der Waals surface area contributed by atoms with Gasteiger partial charge in [0.15, 0.2) is 6.61 Å². The fourth-order valence-electron chi connectivity index (χ4n) is 2.38. The lowest BCUT2D eigenvalue weighted by Crippen LogP contribution is -2.27. The normalized spacial score (nSPS) is 10.0. The van der Waals surface area contributed by atoms with Crippen molar-refractivity contribution in [2.45, 2.75) is 6.42 Å². The van der Waals surface area contributed by atoms with E-state index in [1.165, 1.54) is 14.2 Å². The van der Waals surface area contributed by atoms with Crippen LogP contribution in [-0.4, -0.2) is 45.0 Å². The summed E-state index contributed by atoms with van der Waals surface area (Å²) in [7, 11) is 2.94. The lowest BCUT2D eigenvalue weighted by Gasteiger charge is -2.09.